The molecule has 4 rings (SSSR count). The highest BCUT2D eigenvalue weighted by Gasteiger charge is 2.26. The topological polar surface area (TPSA) is 50.2 Å². The van der Waals surface area contributed by atoms with E-state index in [2.05, 4.69) is 48.3 Å². The van der Waals surface area contributed by atoms with Gasteiger partial charge >= 0.3 is 0 Å². The molecule has 34 heavy (non-hydrogen) atoms. The van der Waals surface area contributed by atoms with Crippen molar-refractivity contribution in [2.24, 2.45) is 0 Å². The Morgan fingerprint density at radius 2 is 1.56 bits per heavy atom. The largest absolute Gasteiger partial charge is 0.378 e. The molecule has 174 valence electrons. The number of hydrogen-bond donors (Lipinski definition) is 1. The Kier molecular flexibility index (Phi) is 7.12. The Bertz CT molecular complexity index is 1250. The fourth-order valence-corrected chi connectivity index (χ4v) is 4.26. The predicted octanol–water partition coefficient (Wildman–Crippen LogP) is 6.18. The summed E-state index contributed by atoms with van der Waals surface area (Å²) in [5.41, 5.74) is 5.36. The van der Waals surface area contributed by atoms with E-state index in [0.717, 1.165) is 34.6 Å². The number of carbonyl (C=O) groups is 1. The lowest BCUT2D eigenvalue weighted by molar-refractivity contribution is 0.0927. The molecule has 0 bridgehead atoms. The highest BCUT2D eigenvalue weighted by Crippen LogP contribution is 2.32. The molecule has 4 aromatic rings. The van der Waals surface area contributed by atoms with E-state index in [4.69, 9.17) is 4.98 Å². The molecule has 1 N–H and O–H groups in total. The third kappa shape index (κ3) is 4.74. The average molecular weight is 453 g/mol. The van der Waals surface area contributed by atoms with Gasteiger partial charge in [0.15, 0.2) is 0 Å². The minimum Gasteiger partial charge on any atom is -0.378 e. The van der Waals surface area contributed by atoms with Gasteiger partial charge in [-0.05, 0) is 31.0 Å². The number of benzene rings is 3. The zero-order valence-corrected chi connectivity index (χ0v) is 20.3. The maximum atomic E-state index is 13.8. The Morgan fingerprint density at radius 3 is 2.18 bits per heavy atom. The molecule has 0 fully saturated rings. The number of rotatable bonds is 8. The second-order valence-electron chi connectivity index (χ2n) is 8.53. The minimum absolute atomic E-state index is 0.0740. The van der Waals surface area contributed by atoms with Gasteiger partial charge in [-0.2, -0.15) is 0 Å². The quantitative estimate of drug-likeness (QED) is 0.347. The first-order valence-electron chi connectivity index (χ1n) is 11.8. The molecule has 0 spiro atoms. The number of nitrogens with zero attached hydrogens (tertiary/aromatic N) is 3. The maximum absolute atomic E-state index is 13.8. The molecule has 5 heteroatoms. The normalized spacial score (nSPS) is 11.8. The summed E-state index contributed by atoms with van der Waals surface area (Å²) in [6.45, 7) is 4.78. The third-order valence-corrected chi connectivity index (χ3v) is 6.08. The summed E-state index contributed by atoms with van der Waals surface area (Å²) in [7, 11) is 4.02. The summed E-state index contributed by atoms with van der Waals surface area (Å²) in [5, 5.41) is 3.28. The van der Waals surface area contributed by atoms with E-state index in [1.807, 2.05) is 79.3 Å². The molecule has 1 heterocycles. The van der Waals surface area contributed by atoms with Gasteiger partial charge in [-0.3, -0.25) is 4.79 Å². The number of imidazole rings is 1. The lowest BCUT2D eigenvalue weighted by Gasteiger charge is -2.19. The Labute approximate surface area is 202 Å². The van der Waals surface area contributed by atoms with Crippen molar-refractivity contribution in [3.8, 4) is 22.6 Å². The van der Waals surface area contributed by atoms with Crippen LogP contribution in [0, 0.1) is 0 Å². The molecule has 1 unspecified atom stereocenters. The van der Waals surface area contributed by atoms with Crippen LogP contribution in [0.3, 0.4) is 0 Å². The molecule has 1 atom stereocenters. The number of amides is 1. The van der Waals surface area contributed by atoms with Gasteiger partial charge in [-0.1, -0.05) is 79.7 Å². The van der Waals surface area contributed by atoms with Gasteiger partial charge in [0.2, 0.25) is 0 Å². The van der Waals surface area contributed by atoms with E-state index in [1.54, 1.807) is 0 Å². The fraction of sp³-hybridized carbons (Fsp3) is 0.241. The van der Waals surface area contributed by atoms with Gasteiger partial charge in [0.25, 0.3) is 5.91 Å². The summed E-state index contributed by atoms with van der Waals surface area (Å²) < 4.78 is 2.03. The predicted molar refractivity (Wildman–Crippen MR) is 140 cm³/mol. The maximum Gasteiger partial charge on any atom is 0.270 e. The summed E-state index contributed by atoms with van der Waals surface area (Å²) in [6, 6.07) is 28.3. The number of hydrogen-bond acceptors (Lipinski definition) is 3. The molecule has 1 aromatic heterocycles. The molecule has 0 saturated carbocycles. The molecule has 0 aliphatic carbocycles. The van der Waals surface area contributed by atoms with Gasteiger partial charge in [-0.15, -0.1) is 0 Å². The molecular formula is C29H32N4O. The van der Waals surface area contributed by atoms with Gasteiger partial charge < -0.3 is 14.8 Å². The first kappa shape index (κ1) is 23.3. The molecule has 1 amide bonds. The Balaban J connectivity index is 1.85. The monoisotopic (exact) mass is 452 g/mol. The number of carbonyl (C=O) groups excluding carboxylic acids is 1. The SMILES string of the molecule is CCC(NC(=O)c1c(-c2cccc(N(C)C)c2)nc(-c2ccccc2)n1CC)c1ccccc1. The first-order valence-corrected chi connectivity index (χ1v) is 11.8. The van der Waals surface area contributed by atoms with Crippen molar-refractivity contribution in [3.63, 3.8) is 0 Å². The van der Waals surface area contributed by atoms with E-state index in [-0.39, 0.29) is 11.9 Å². The summed E-state index contributed by atoms with van der Waals surface area (Å²) in [5.74, 6) is 0.684. The van der Waals surface area contributed by atoms with Crippen LogP contribution < -0.4 is 10.2 Å². The number of nitrogens with one attached hydrogen (secondary N) is 1. The van der Waals surface area contributed by atoms with Crippen molar-refractivity contribution in [1.82, 2.24) is 14.9 Å². The van der Waals surface area contributed by atoms with Crippen LogP contribution in [0.2, 0.25) is 0 Å². The number of anilines is 1. The second kappa shape index (κ2) is 10.4. The zero-order chi connectivity index (χ0) is 24.1. The second-order valence-corrected chi connectivity index (χ2v) is 8.53. The van der Waals surface area contributed by atoms with E-state index in [1.165, 1.54) is 0 Å². The molecule has 0 aliphatic heterocycles. The standard InChI is InChI=1S/C29H32N4O/c1-5-25(21-14-9-7-10-15-21)30-29(34)27-26(23-18-13-19-24(20-23)32(3)4)31-28(33(27)6-2)22-16-11-8-12-17-22/h7-20,25H,5-6H2,1-4H3,(H,30,34). The lowest BCUT2D eigenvalue weighted by Crippen LogP contribution is -2.30. The number of aromatic nitrogens is 2. The average Bonchev–Trinajstić information content (AvgIpc) is 3.28. The zero-order valence-electron chi connectivity index (χ0n) is 20.3. The Morgan fingerprint density at radius 1 is 0.912 bits per heavy atom. The smallest absolute Gasteiger partial charge is 0.270 e. The van der Waals surface area contributed by atoms with Crippen molar-refractivity contribution in [2.45, 2.75) is 32.9 Å². The van der Waals surface area contributed by atoms with E-state index in [0.29, 0.717) is 17.9 Å². The molecular weight excluding hydrogens is 420 g/mol. The van der Waals surface area contributed by atoms with Crippen LogP contribution in [0.25, 0.3) is 22.6 Å². The molecule has 0 saturated heterocycles. The highest BCUT2D eigenvalue weighted by molar-refractivity contribution is 6.00. The van der Waals surface area contributed by atoms with Crippen LogP contribution in [-0.2, 0) is 6.54 Å². The fourth-order valence-electron chi connectivity index (χ4n) is 4.26. The van der Waals surface area contributed by atoms with Crippen LogP contribution in [0.5, 0.6) is 0 Å². The van der Waals surface area contributed by atoms with Crippen molar-refractivity contribution in [3.05, 3.63) is 96.2 Å². The van der Waals surface area contributed by atoms with E-state index < -0.39 is 0 Å². The lowest BCUT2D eigenvalue weighted by atomic mass is 10.0. The van der Waals surface area contributed by atoms with Crippen LogP contribution >= 0.6 is 0 Å². The molecule has 5 nitrogen and oxygen atoms in total. The van der Waals surface area contributed by atoms with Crippen molar-refractivity contribution in [2.75, 3.05) is 19.0 Å². The summed E-state index contributed by atoms with van der Waals surface area (Å²) in [4.78, 5) is 20.9. The van der Waals surface area contributed by atoms with Crippen molar-refractivity contribution >= 4 is 11.6 Å². The van der Waals surface area contributed by atoms with Crippen molar-refractivity contribution < 1.29 is 4.79 Å². The minimum atomic E-state index is -0.113. The van der Waals surface area contributed by atoms with E-state index in [9.17, 15) is 4.79 Å². The molecule has 0 radical (unpaired) electrons. The van der Waals surface area contributed by atoms with Crippen LogP contribution in [0.1, 0.15) is 42.4 Å². The van der Waals surface area contributed by atoms with Crippen LogP contribution in [0.15, 0.2) is 84.9 Å². The third-order valence-electron chi connectivity index (χ3n) is 6.08. The summed E-state index contributed by atoms with van der Waals surface area (Å²) >= 11 is 0. The van der Waals surface area contributed by atoms with Crippen LogP contribution in [0.4, 0.5) is 5.69 Å². The van der Waals surface area contributed by atoms with Crippen LogP contribution in [-0.4, -0.2) is 29.6 Å². The van der Waals surface area contributed by atoms with Crippen molar-refractivity contribution in [1.29, 1.82) is 0 Å². The van der Waals surface area contributed by atoms with Gasteiger partial charge in [-0.25, -0.2) is 4.98 Å². The highest BCUT2D eigenvalue weighted by atomic mass is 16.2. The van der Waals surface area contributed by atoms with Gasteiger partial charge in [0, 0.05) is 37.5 Å². The Hall–Kier alpha value is -3.86. The van der Waals surface area contributed by atoms with Gasteiger partial charge in [0.1, 0.15) is 17.2 Å². The first-order chi connectivity index (χ1) is 16.5. The van der Waals surface area contributed by atoms with E-state index >= 15 is 0 Å². The molecule has 0 aliphatic rings. The summed E-state index contributed by atoms with van der Waals surface area (Å²) in [6.07, 6.45) is 0.799. The molecule has 3 aromatic carbocycles. The van der Waals surface area contributed by atoms with Gasteiger partial charge in [0.05, 0.1) is 6.04 Å².